The summed E-state index contributed by atoms with van der Waals surface area (Å²) in [5.74, 6) is 0.891. The van der Waals surface area contributed by atoms with E-state index in [0.29, 0.717) is 0 Å². The smallest absolute Gasteiger partial charge is 0.0729 e. The molecule has 0 amide bonds. The Morgan fingerprint density at radius 3 is 2.27 bits per heavy atom. The first-order valence-corrected chi connectivity index (χ1v) is 11.8. The van der Waals surface area contributed by atoms with Crippen molar-refractivity contribution in [3.8, 4) is 0 Å². The van der Waals surface area contributed by atoms with Crippen LogP contribution in [0.25, 0.3) is 0 Å². The molecule has 0 spiro atoms. The Morgan fingerprint density at radius 2 is 1.68 bits per heavy atom. The fraction of sp³-hybridized carbons (Fsp3) is 0.526. The Hall–Kier alpha value is -0.357. The SMILES string of the molecule is C[Si](C)(C)C1=C2COCC2=C2CCCC2C1.[CH]1C=CC=C1.[Co]. The molecule has 4 aliphatic rings. The zero-order valence-electron chi connectivity index (χ0n) is 13.9. The zero-order chi connectivity index (χ0) is 14.9. The molecule has 2 fully saturated rings. The van der Waals surface area contributed by atoms with Gasteiger partial charge in [-0.1, -0.05) is 54.7 Å². The van der Waals surface area contributed by atoms with Crippen LogP contribution in [0.4, 0.5) is 0 Å². The zero-order valence-corrected chi connectivity index (χ0v) is 16.0. The molecule has 1 nitrogen and oxygen atoms in total. The number of hydrogen-bond donors (Lipinski definition) is 0. The van der Waals surface area contributed by atoms with E-state index in [1.165, 1.54) is 25.7 Å². The van der Waals surface area contributed by atoms with Gasteiger partial charge >= 0.3 is 0 Å². The molecular formula is C19H27CoOSi. The van der Waals surface area contributed by atoms with Crippen LogP contribution in [-0.2, 0) is 21.5 Å². The van der Waals surface area contributed by atoms with Gasteiger partial charge in [0.1, 0.15) is 0 Å². The predicted molar refractivity (Wildman–Crippen MR) is 92.8 cm³/mol. The Bertz CT molecular complexity index is 524. The Kier molecular flexibility index (Phi) is 6.11. The van der Waals surface area contributed by atoms with Gasteiger partial charge in [-0.15, -0.1) is 0 Å². The average molecular weight is 358 g/mol. The van der Waals surface area contributed by atoms with Crippen LogP contribution in [0.2, 0.25) is 19.6 Å². The fourth-order valence-corrected chi connectivity index (χ4v) is 5.96. The third-order valence-corrected chi connectivity index (χ3v) is 7.33. The minimum atomic E-state index is -1.14. The molecule has 22 heavy (non-hydrogen) atoms. The third kappa shape index (κ3) is 3.75. The van der Waals surface area contributed by atoms with Gasteiger partial charge in [0.25, 0.3) is 0 Å². The molecule has 0 aromatic rings. The maximum atomic E-state index is 5.73. The fourth-order valence-electron chi connectivity index (χ4n) is 3.97. The van der Waals surface area contributed by atoms with Gasteiger partial charge in [0, 0.05) is 23.2 Å². The van der Waals surface area contributed by atoms with E-state index in [9.17, 15) is 0 Å². The van der Waals surface area contributed by atoms with Gasteiger partial charge in [-0.25, -0.2) is 0 Å². The third-order valence-electron chi connectivity index (χ3n) is 5.01. The van der Waals surface area contributed by atoms with Gasteiger partial charge in [0.05, 0.1) is 21.3 Å². The Morgan fingerprint density at radius 1 is 1.00 bits per heavy atom. The maximum absolute atomic E-state index is 5.73. The molecule has 0 aromatic carbocycles. The van der Waals surface area contributed by atoms with Crippen LogP contribution in [0, 0.1) is 12.3 Å². The number of ether oxygens (including phenoxy) is 1. The van der Waals surface area contributed by atoms with Crippen molar-refractivity contribution in [2.24, 2.45) is 5.92 Å². The average Bonchev–Trinajstić information content (AvgIpc) is 3.18. The van der Waals surface area contributed by atoms with Crippen molar-refractivity contribution in [3.05, 3.63) is 52.6 Å². The monoisotopic (exact) mass is 358 g/mol. The molecule has 1 atom stereocenters. The minimum absolute atomic E-state index is 0. The summed E-state index contributed by atoms with van der Waals surface area (Å²) < 4.78 is 5.73. The summed E-state index contributed by atoms with van der Waals surface area (Å²) in [5, 5.41) is 1.82. The first-order valence-electron chi connectivity index (χ1n) is 8.26. The molecule has 1 aliphatic heterocycles. The molecule has 4 rings (SSSR count). The van der Waals surface area contributed by atoms with Gasteiger partial charge in [-0.2, -0.15) is 0 Å². The Labute approximate surface area is 146 Å². The summed E-state index contributed by atoms with van der Waals surface area (Å²) >= 11 is 0. The molecule has 3 heteroatoms. The molecule has 0 N–H and O–H groups in total. The van der Waals surface area contributed by atoms with Gasteiger partial charge in [-0.05, 0) is 42.7 Å². The van der Waals surface area contributed by atoms with Crippen LogP contribution in [0.5, 0.6) is 0 Å². The molecule has 0 aromatic heterocycles. The van der Waals surface area contributed by atoms with Crippen molar-refractivity contribution < 1.29 is 21.5 Å². The normalized spacial score (nSPS) is 25.7. The molecule has 122 valence electrons. The van der Waals surface area contributed by atoms with Crippen molar-refractivity contribution in [1.82, 2.24) is 0 Å². The summed E-state index contributed by atoms with van der Waals surface area (Å²) in [6.45, 7) is 9.29. The summed E-state index contributed by atoms with van der Waals surface area (Å²) in [4.78, 5) is 0. The number of rotatable bonds is 1. The van der Waals surface area contributed by atoms with E-state index < -0.39 is 8.07 Å². The van der Waals surface area contributed by atoms with E-state index >= 15 is 0 Å². The van der Waals surface area contributed by atoms with Crippen LogP contribution in [0.3, 0.4) is 0 Å². The van der Waals surface area contributed by atoms with Gasteiger partial charge in [0.15, 0.2) is 0 Å². The molecule has 1 unspecified atom stereocenters. The first-order chi connectivity index (χ1) is 10.1. The van der Waals surface area contributed by atoms with E-state index in [1.807, 2.05) is 35.9 Å². The summed E-state index contributed by atoms with van der Waals surface area (Å²) in [5.41, 5.74) is 5.04. The van der Waals surface area contributed by atoms with E-state index in [1.54, 1.807) is 16.7 Å². The summed E-state index contributed by atoms with van der Waals surface area (Å²) in [7, 11) is -1.14. The number of allylic oxidation sites excluding steroid dienone is 6. The standard InChI is InChI=1S/C14H22OSi.C5H5.Co/c1-16(2,3)14-7-10-5-4-6-11(10)12-8-15-9-13(12)14;1-2-4-5-3-1;/h10H,4-9H2,1-3H3;1-5H;. The maximum Gasteiger partial charge on any atom is 0.0729 e. The van der Waals surface area contributed by atoms with Crippen molar-refractivity contribution in [1.29, 1.82) is 0 Å². The molecule has 1 saturated carbocycles. The van der Waals surface area contributed by atoms with E-state index in [2.05, 4.69) is 19.6 Å². The first kappa shape index (κ1) is 18.0. The number of hydrogen-bond acceptors (Lipinski definition) is 1. The van der Waals surface area contributed by atoms with Crippen LogP contribution < -0.4 is 0 Å². The molecule has 0 bridgehead atoms. The van der Waals surface area contributed by atoms with E-state index in [-0.39, 0.29) is 16.8 Å². The second-order valence-corrected chi connectivity index (χ2v) is 12.6. The van der Waals surface area contributed by atoms with Gasteiger partial charge in [0.2, 0.25) is 0 Å². The quantitative estimate of drug-likeness (QED) is 0.599. The second-order valence-electron chi connectivity index (χ2n) is 7.46. The molecule has 3 aliphatic carbocycles. The van der Waals surface area contributed by atoms with Crippen LogP contribution in [0.1, 0.15) is 25.7 Å². The van der Waals surface area contributed by atoms with Gasteiger partial charge < -0.3 is 4.74 Å². The van der Waals surface area contributed by atoms with Crippen molar-refractivity contribution >= 4 is 8.07 Å². The second kappa shape index (κ2) is 7.48. The van der Waals surface area contributed by atoms with Crippen molar-refractivity contribution in [3.63, 3.8) is 0 Å². The molecular weight excluding hydrogens is 331 g/mol. The molecule has 2 radical (unpaired) electrons. The van der Waals surface area contributed by atoms with Crippen molar-refractivity contribution in [2.45, 2.75) is 45.3 Å². The van der Waals surface area contributed by atoms with Crippen LogP contribution in [0.15, 0.2) is 46.2 Å². The van der Waals surface area contributed by atoms with Crippen molar-refractivity contribution in [2.75, 3.05) is 13.2 Å². The van der Waals surface area contributed by atoms with Crippen LogP contribution >= 0.6 is 0 Å². The number of fused-ring (bicyclic) bond motifs is 2. The largest absolute Gasteiger partial charge is 0.372 e. The molecule has 1 saturated heterocycles. The summed E-state index contributed by atoms with van der Waals surface area (Å²) in [6.07, 6.45) is 15.6. The van der Waals surface area contributed by atoms with Crippen LogP contribution in [-0.4, -0.2) is 21.3 Å². The molecule has 1 heterocycles. The topological polar surface area (TPSA) is 9.23 Å². The van der Waals surface area contributed by atoms with Gasteiger partial charge in [-0.3, -0.25) is 0 Å². The van der Waals surface area contributed by atoms with E-state index in [4.69, 9.17) is 4.74 Å². The van der Waals surface area contributed by atoms with E-state index in [0.717, 1.165) is 19.1 Å². The Balaban J connectivity index is 0.000000253. The minimum Gasteiger partial charge on any atom is -0.372 e. The summed E-state index contributed by atoms with van der Waals surface area (Å²) in [6, 6.07) is 0. The predicted octanol–water partition coefficient (Wildman–Crippen LogP) is 5.01.